The second-order valence-electron chi connectivity index (χ2n) is 10.1. The van der Waals surface area contributed by atoms with Crippen molar-refractivity contribution in [2.45, 2.75) is 31.3 Å². The molecule has 0 aliphatic rings. The molecule has 0 amide bonds. The van der Waals surface area contributed by atoms with Gasteiger partial charge in [-0.2, -0.15) is 8.42 Å². The molecule has 0 radical (unpaired) electrons. The van der Waals surface area contributed by atoms with Crippen LogP contribution in [0, 0.1) is 0 Å². The van der Waals surface area contributed by atoms with E-state index < -0.39 is 21.7 Å². The predicted molar refractivity (Wildman–Crippen MR) is 163 cm³/mol. The highest BCUT2D eigenvalue weighted by molar-refractivity contribution is 7.86. The van der Waals surface area contributed by atoms with E-state index in [1.807, 2.05) is 0 Å². The molecule has 0 aliphatic carbocycles. The molecular weight excluding hydrogens is 616 g/mol. The van der Waals surface area contributed by atoms with Crippen molar-refractivity contribution in [3.63, 3.8) is 0 Å². The van der Waals surface area contributed by atoms with Gasteiger partial charge in [-0.1, -0.05) is 18.2 Å². The van der Waals surface area contributed by atoms with Crippen LogP contribution in [0.3, 0.4) is 0 Å². The van der Waals surface area contributed by atoms with Crippen LogP contribution in [-0.4, -0.2) is 146 Å². The largest absolute Gasteiger partial charge is 0.458 e. The molecule has 0 fully saturated rings. The van der Waals surface area contributed by atoms with E-state index >= 15 is 0 Å². The summed E-state index contributed by atoms with van der Waals surface area (Å²) in [5.74, 6) is -0.395. The fraction of sp³-hybridized carbons (Fsp3) is 0.767. The SMILES string of the molecule is CC(C)(C)OC(=O)COCCOCCOCCOCCOCCOCCOCCOCCOCCOS(=O)(=O)c1ccccc1. The van der Waals surface area contributed by atoms with Gasteiger partial charge in [-0.15, -0.1) is 0 Å². The molecule has 0 saturated heterocycles. The molecule has 45 heavy (non-hydrogen) atoms. The Morgan fingerprint density at radius 3 is 1.16 bits per heavy atom. The van der Waals surface area contributed by atoms with Gasteiger partial charge in [-0.05, 0) is 32.9 Å². The fourth-order valence-corrected chi connectivity index (χ4v) is 4.06. The summed E-state index contributed by atoms with van der Waals surface area (Å²) in [4.78, 5) is 11.6. The van der Waals surface area contributed by atoms with E-state index in [-0.39, 0.29) is 24.7 Å². The molecule has 0 heterocycles. The number of carbonyl (C=O) groups is 1. The van der Waals surface area contributed by atoms with Crippen molar-refractivity contribution >= 4 is 16.1 Å². The number of carbonyl (C=O) groups excluding carboxylic acids is 1. The van der Waals surface area contributed by atoms with Gasteiger partial charge in [0.1, 0.15) is 12.2 Å². The minimum atomic E-state index is -3.76. The first-order valence-corrected chi connectivity index (χ1v) is 16.5. The average Bonchev–Trinajstić information content (AvgIpc) is 3.00. The zero-order chi connectivity index (χ0) is 32.9. The second-order valence-corrected chi connectivity index (χ2v) is 11.7. The van der Waals surface area contributed by atoms with Crippen molar-refractivity contribution in [3.05, 3.63) is 30.3 Å². The van der Waals surface area contributed by atoms with Crippen molar-refractivity contribution in [1.82, 2.24) is 0 Å². The summed E-state index contributed by atoms with van der Waals surface area (Å²) < 4.78 is 82.4. The number of hydrogen-bond donors (Lipinski definition) is 0. The lowest BCUT2D eigenvalue weighted by atomic mass is 10.2. The van der Waals surface area contributed by atoms with E-state index in [0.29, 0.717) is 106 Å². The van der Waals surface area contributed by atoms with Gasteiger partial charge in [0.2, 0.25) is 0 Å². The van der Waals surface area contributed by atoms with Crippen LogP contribution in [0.2, 0.25) is 0 Å². The number of ether oxygens (including phenoxy) is 10. The predicted octanol–water partition coefficient (Wildman–Crippen LogP) is 1.88. The topological polar surface area (TPSA) is 153 Å². The summed E-state index contributed by atoms with van der Waals surface area (Å²) in [5.41, 5.74) is -0.518. The van der Waals surface area contributed by atoms with Crippen LogP contribution >= 0.6 is 0 Å². The monoisotopic (exact) mass is 668 g/mol. The molecular formula is C30H52O14S. The van der Waals surface area contributed by atoms with Crippen LogP contribution in [-0.2, 0) is 66.5 Å². The maximum absolute atomic E-state index is 12.0. The van der Waals surface area contributed by atoms with E-state index in [0.717, 1.165) is 0 Å². The maximum Gasteiger partial charge on any atom is 0.332 e. The molecule has 14 nitrogen and oxygen atoms in total. The Kier molecular flexibility index (Phi) is 25.1. The maximum atomic E-state index is 12.0. The molecule has 0 unspecified atom stereocenters. The van der Waals surface area contributed by atoms with Gasteiger partial charge >= 0.3 is 5.97 Å². The normalized spacial score (nSPS) is 12.1. The molecule has 15 heteroatoms. The van der Waals surface area contributed by atoms with Gasteiger partial charge in [0, 0.05) is 0 Å². The van der Waals surface area contributed by atoms with Crippen LogP contribution in [0.25, 0.3) is 0 Å². The first-order chi connectivity index (χ1) is 21.7. The third kappa shape index (κ3) is 27.1. The Hall–Kier alpha value is -1.76. The number of esters is 1. The lowest BCUT2D eigenvalue weighted by Crippen LogP contribution is -2.27. The molecule has 1 rings (SSSR count). The number of benzene rings is 1. The van der Waals surface area contributed by atoms with Crippen molar-refractivity contribution < 1.29 is 64.8 Å². The molecule has 0 aliphatic heterocycles. The smallest absolute Gasteiger partial charge is 0.332 e. The first-order valence-electron chi connectivity index (χ1n) is 15.1. The van der Waals surface area contributed by atoms with E-state index in [9.17, 15) is 13.2 Å². The number of hydrogen-bond acceptors (Lipinski definition) is 14. The van der Waals surface area contributed by atoms with Crippen molar-refractivity contribution in [2.75, 3.05) is 126 Å². The minimum absolute atomic E-state index is 0.0630. The molecule has 1 aromatic carbocycles. The lowest BCUT2D eigenvalue weighted by molar-refractivity contribution is -0.160. The van der Waals surface area contributed by atoms with Gasteiger partial charge in [0.25, 0.3) is 10.1 Å². The van der Waals surface area contributed by atoms with E-state index in [1.54, 1.807) is 39.0 Å². The van der Waals surface area contributed by atoms with E-state index in [4.69, 9.17) is 51.6 Å². The van der Waals surface area contributed by atoms with E-state index in [2.05, 4.69) is 0 Å². The van der Waals surface area contributed by atoms with Gasteiger partial charge in [0.05, 0.1) is 124 Å². The Balaban J connectivity index is 1.70. The van der Waals surface area contributed by atoms with Crippen LogP contribution in [0.5, 0.6) is 0 Å². The highest BCUT2D eigenvalue weighted by atomic mass is 32.2. The number of rotatable bonds is 31. The lowest BCUT2D eigenvalue weighted by Gasteiger charge is -2.19. The van der Waals surface area contributed by atoms with Crippen molar-refractivity contribution in [2.24, 2.45) is 0 Å². The molecule has 0 N–H and O–H groups in total. The standard InChI is InChI=1S/C30H52O14S/c1-30(2,3)44-29(31)27-42-24-23-40-20-19-38-16-15-36-12-11-34-9-10-35-13-14-37-17-18-39-21-22-41-25-26-43-45(32,33)28-7-5-4-6-8-28/h4-8H,9-27H2,1-3H3. The zero-order valence-electron chi connectivity index (χ0n) is 26.9. The summed E-state index contributed by atoms with van der Waals surface area (Å²) in [5, 5.41) is 0. The summed E-state index contributed by atoms with van der Waals surface area (Å²) in [7, 11) is -3.76. The second kappa shape index (κ2) is 27.4. The first kappa shape index (κ1) is 41.3. The molecule has 0 aromatic heterocycles. The molecule has 0 bridgehead atoms. The fourth-order valence-electron chi connectivity index (χ4n) is 3.14. The Morgan fingerprint density at radius 2 is 0.822 bits per heavy atom. The van der Waals surface area contributed by atoms with Crippen LogP contribution < -0.4 is 0 Å². The van der Waals surface area contributed by atoms with Gasteiger partial charge in [-0.3, -0.25) is 4.18 Å². The Bertz CT molecular complexity index is 924. The molecule has 262 valence electrons. The third-order valence-corrected chi connectivity index (χ3v) is 6.44. The highest BCUT2D eigenvalue weighted by Gasteiger charge is 2.16. The Morgan fingerprint density at radius 1 is 0.511 bits per heavy atom. The van der Waals surface area contributed by atoms with Crippen molar-refractivity contribution in [3.8, 4) is 0 Å². The van der Waals surface area contributed by atoms with Crippen LogP contribution in [0.15, 0.2) is 35.2 Å². The van der Waals surface area contributed by atoms with Crippen LogP contribution in [0.4, 0.5) is 0 Å². The summed E-state index contributed by atoms with van der Waals surface area (Å²) in [6, 6.07) is 7.96. The third-order valence-electron chi connectivity index (χ3n) is 5.11. The van der Waals surface area contributed by atoms with Crippen LogP contribution in [0.1, 0.15) is 20.8 Å². The van der Waals surface area contributed by atoms with Gasteiger partial charge in [-0.25, -0.2) is 4.79 Å². The summed E-state index contributed by atoms with van der Waals surface area (Å²) in [6.45, 7) is 12.2. The quantitative estimate of drug-likeness (QED) is 0.0643. The Labute approximate surface area is 267 Å². The molecule has 0 atom stereocenters. The van der Waals surface area contributed by atoms with Gasteiger partial charge in [0.15, 0.2) is 0 Å². The summed E-state index contributed by atoms with van der Waals surface area (Å²) in [6.07, 6.45) is 0. The molecule has 0 saturated carbocycles. The average molecular weight is 669 g/mol. The van der Waals surface area contributed by atoms with E-state index in [1.165, 1.54) is 12.1 Å². The van der Waals surface area contributed by atoms with Gasteiger partial charge < -0.3 is 47.4 Å². The zero-order valence-corrected chi connectivity index (χ0v) is 27.8. The van der Waals surface area contributed by atoms with Crippen molar-refractivity contribution in [1.29, 1.82) is 0 Å². The molecule has 0 spiro atoms. The minimum Gasteiger partial charge on any atom is -0.458 e. The summed E-state index contributed by atoms with van der Waals surface area (Å²) >= 11 is 0. The highest BCUT2D eigenvalue weighted by Crippen LogP contribution is 2.10. The molecule has 1 aromatic rings.